The molecule has 0 aliphatic heterocycles. The van der Waals surface area contributed by atoms with E-state index >= 15 is 0 Å². The SMILES string of the molecule is C/C=C/CCNC(C)CCCC. The van der Waals surface area contributed by atoms with Gasteiger partial charge in [-0.2, -0.15) is 0 Å². The van der Waals surface area contributed by atoms with Gasteiger partial charge in [-0.25, -0.2) is 0 Å². The van der Waals surface area contributed by atoms with Crippen molar-refractivity contribution in [1.29, 1.82) is 0 Å². The molecule has 0 aliphatic carbocycles. The van der Waals surface area contributed by atoms with E-state index in [1.165, 1.54) is 19.3 Å². The van der Waals surface area contributed by atoms with Crippen molar-refractivity contribution in [3.8, 4) is 0 Å². The summed E-state index contributed by atoms with van der Waals surface area (Å²) in [4.78, 5) is 0. The average molecular weight is 169 g/mol. The fourth-order valence-corrected chi connectivity index (χ4v) is 1.19. The van der Waals surface area contributed by atoms with Crippen LogP contribution in [0.2, 0.25) is 0 Å². The number of rotatable bonds is 7. The molecule has 0 spiro atoms. The lowest BCUT2D eigenvalue weighted by atomic mass is 10.1. The second-order valence-electron chi connectivity index (χ2n) is 3.36. The molecule has 0 saturated heterocycles. The largest absolute Gasteiger partial charge is 0.314 e. The molecule has 12 heavy (non-hydrogen) atoms. The molecule has 0 aromatic rings. The van der Waals surface area contributed by atoms with Gasteiger partial charge in [0, 0.05) is 6.04 Å². The first-order valence-electron chi connectivity index (χ1n) is 5.15. The van der Waals surface area contributed by atoms with Crippen molar-refractivity contribution >= 4 is 0 Å². The lowest BCUT2D eigenvalue weighted by molar-refractivity contribution is 0.500. The van der Waals surface area contributed by atoms with Crippen LogP contribution in [0.1, 0.15) is 46.5 Å². The van der Waals surface area contributed by atoms with E-state index in [1.807, 2.05) is 0 Å². The Bertz CT molecular complexity index is 108. The summed E-state index contributed by atoms with van der Waals surface area (Å²) in [7, 11) is 0. The van der Waals surface area contributed by atoms with Crippen molar-refractivity contribution < 1.29 is 0 Å². The monoisotopic (exact) mass is 169 g/mol. The van der Waals surface area contributed by atoms with Gasteiger partial charge in [0.25, 0.3) is 0 Å². The Balaban J connectivity index is 3.13. The number of nitrogens with one attached hydrogen (secondary N) is 1. The highest BCUT2D eigenvalue weighted by Gasteiger charge is 1.97. The standard InChI is InChI=1S/C11H23N/c1-4-6-8-10-12-11(3)9-7-5-2/h4,6,11-12H,5,7-10H2,1-3H3/b6-4+. The molecule has 0 bridgehead atoms. The lowest BCUT2D eigenvalue weighted by Gasteiger charge is -2.11. The minimum atomic E-state index is 0.690. The molecular formula is C11H23N. The third kappa shape index (κ3) is 7.80. The zero-order chi connectivity index (χ0) is 9.23. The van der Waals surface area contributed by atoms with Crippen molar-refractivity contribution in [3.05, 3.63) is 12.2 Å². The third-order valence-electron chi connectivity index (χ3n) is 2.03. The zero-order valence-electron chi connectivity index (χ0n) is 8.77. The Labute approximate surface area is 77.2 Å². The van der Waals surface area contributed by atoms with Crippen LogP contribution in [0.15, 0.2) is 12.2 Å². The summed E-state index contributed by atoms with van der Waals surface area (Å²) in [6.45, 7) is 7.70. The van der Waals surface area contributed by atoms with E-state index in [1.54, 1.807) is 0 Å². The molecule has 0 heterocycles. The third-order valence-corrected chi connectivity index (χ3v) is 2.03. The van der Waals surface area contributed by atoms with E-state index in [0.29, 0.717) is 6.04 Å². The van der Waals surface area contributed by atoms with E-state index in [-0.39, 0.29) is 0 Å². The summed E-state index contributed by atoms with van der Waals surface area (Å²) in [5.74, 6) is 0. The fraction of sp³-hybridized carbons (Fsp3) is 0.818. The zero-order valence-corrected chi connectivity index (χ0v) is 8.77. The molecule has 0 fully saturated rings. The molecule has 1 nitrogen and oxygen atoms in total. The second kappa shape index (κ2) is 8.79. The van der Waals surface area contributed by atoms with Gasteiger partial charge in [0.05, 0.1) is 0 Å². The van der Waals surface area contributed by atoms with Crippen molar-refractivity contribution in [2.75, 3.05) is 6.54 Å². The molecule has 0 amide bonds. The Morgan fingerprint density at radius 3 is 2.75 bits per heavy atom. The van der Waals surface area contributed by atoms with Gasteiger partial charge in [-0.05, 0) is 33.2 Å². The van der Waals surface area contributed by atoms with Crippen molar-refractivity contribution in [2.24, 2.45) is 0 Å². The van der Waals surface area contributed by atoms with Crippen LogP contribution < -0.4 is 5.32 Å². The molecule has 1 unspecified atom stereocenters. The summed E-state index contributed by atoms with van der Waals surface area (Å²) in [6, 6.07) is 0.690. The summed E-state index contributed by atoms with van der Waals surface area (Å²) >= 11 is 0. The first-order chi connectivity index (χ1) is 5.81. The highest BCUT2D eigenvalue weighted by atomic mass is 14.9. The van der Waals surface area contributed by atoms with Crippen LogP contribution in [-0.2, 0) is 0 Å². The van der Waals surface area contributed by atoms with Crippen LogP contribution in [0, 0.1) is 0 Å². The van der Waals surface area contributed by atoms with Gasteiger partial charge in [0.2, 0.25) is 0 Å². The number of allylic oxidation sites excluding steroid dienone is 1. The molecule has 1 atom stereocenters. The maximum Gasteiger partial charge on any atom is 0.00388 e. The Morgan fingerprint density at radius 1 is 1.42 bits per heavy atom. The smallest absolute Gasteiger partial charge is 0.00388 e. The molecule has 0 radical (unpaired) electrons. The van der Waals surface area contributed by atoms with Crippen LogP contribution >= 0.6 is 0 Å². The van der Waals surface area contributed by atoms with Gasteiger partial charge in [0.1, 0.15) is 0 Å². The summed E-state index contributed by atoms with van der Waals surface area (Å²) in [5, 5.41) is 3.50. The van der Waals surface area contributed by atoms with E-state index in [2.05, 4.69) is 38.2 Å². The first-order valence-corrected chi connectivity index (χ1v) is 5.15. The highest BCUT2D eigenvalue weighted by Crippen LogP contribution is 1.99. The van der Waals surface area contributed by atoms with Gasteiger partial charge >= 0.3 is 0 Å². The molecule has 1 N–H and O–H groups in total. The Kier molecular flexibility index (Phi) is 8.57. The molecule has 0 aromatic heterocycles. The van der Waals surface area contributed by atoms with Crippen molar-refractivity contribution in [1.82, 2.24) is 5.32 Å². The average Bonchev–Trinajstić information content (AvgIpc) is 2.09. The van der Waals surface area contributed by atoms with Crippen LogP contribution in [-0.4, -0.2) is 12.6 Å². The second-order valence-corrected chi connectivity index (χ2v) is 3.36. The molecule has 0 aromatic carbocycles. The predicted molar refractivity (Wildman–Crippen MR) is 56.4 cm³/mol. The molecule has 0 aliphatic rings. The lowest BCUT2D eigenvalue weighted by Crippen LogP contribution is -2.26. The maximum absolute atomic E-state index is 3.50. The fourth-order valence-electron chi connectivity index (χ4n) is 1.19. The van der Waals surface area contributed by atoms with E-state index in [4.69, 9.17) is 0 Å². The maximum atomic E-state index is 3.50. The van der Waals surface area contributed by atoms with Crippen molar-refractivity contribution in [3.63, 3.8) is 0 Å². The predicted octanol–water partition coefficient (Wildman–Crippen LogP) is 3.12. The van der Waals surface area contributed by atoms with E-state index < -0.39 is 0 Å². The van der Waals surface area contributed by atoms with Gasteiger partial charge in [-0.15, -0.1) is 0 Å². The number of unbranched alkanes of at least 4 members (excludes halogenated alkanes) is 1. The summed E-state index contributed by atoms with van der Waals surface area (Å²) in [5.41, 5.74) is 0. The van der Waals surface area contributed by atoms with Gasteiger partial charge in [-0.1, -0.05) is 31.9 Å². The number of hydrogen-bond donors (Lipinski definition) is 1. The minimum Gasteiger partial charge on any atom is -0.314 e. The Morgan fingerprint density at radius 2 is 2.17 bits per heavy atom. The van der Waals surface area contributed by atoms with Gasteiger partial charge < -0.3 is 5.32 Å². The summed E-state index contributed by atoms with van der Waals surface area (Å²) in [6.07, 6.45) is 9.44. The van der Waals surface area contributed by atoms with Crippen LogP contribution in [0.4, 0.5) is 0 Å². The minimum absolute atomic E-state index is 0.690. The Hall–Kier alpha value is -0.300. The molecule has 0 saturated carbocycles. The van der Waals surface area contributed by atoms with E-state index in [0.717, 1.165) is 13.0 Å². The quantitative estimate of drug-likeness (QED) is 0.456. The van der Waals surface area contributed by atoms with Crippen molar-refractivity contribution in [2.45, 2.75) is 52.5 Å². The van der Waals surface area contributed by atoms with Crippen LogP contribution in [0.25, 0.3) is 0 Å². The van der Waals surface area contributed by atoms with Crippen LogP contribution in [0.3, 0.4) is 0 Å². The molecular weight excluding hydrogens is 146 g/mol. The molecule has 1 heteroatoms. The topological polar surface area (TPSA) is 12.0 Å². The van der Waals surface area contributed by atoms with Crippen LogP contribution in [0.5, 0.6) is 0 Å². The molecule has 72 valence electrons. The van der Waals surface area contributed by atoms with E-state index in [9.17, 15) is 0 Å². The highest BCUT2D eigenvalue weighted by molar-refractivity contribution is 4.77. The summed E-state index contributed by atoms with van der Waals surface area (Å²) < 4.78 is 0. The first kappa shape index (κ1) is 11.7. The van der Waals surface area contributed by atoms with Gasteiger partial charge in [-0.3, -0.25) is 0 Å². The number of hydrogen-bond acceptors (Lipinski definition) is 1. The molecule has 0 rings (SSSR count). The van der Waals surface area contributed by atoms with Gasteiger partial charge in [0.15, 0.2) is 0 Å². The normalized spacial score (nSPS) is 13.9.